The van der Waals surface area contributed by atoms with Crippen LogP contribution >= 0.6 is 15.9 Å². The minimum absolute atomic E-state index is 0.650. The third kappa shape index (κ3) is 4.58. The minimum Gasteiger partial charge on any atom is -0.310 e. The zero-order valence-corrected chi connectivity index (χ0v) is 14.4. The summed E-state index contributed by atoms with van der Waals surface area (Å²) in [4.78, 5) is 2.39. The van der Waals surface area contributed by atoms with Gasteiger partial charge in [0.15, 0.2) is 0 Å². The summed E-state index contributed by atoms with van der Waals surface area (Å²) in [5, 5.41) is 8.00. The highest BCUT2D eigenvalue weighted by molar-refractivity contribution is 9.10. The molecule has 0 saturated heterocycles. The van der Waals surface area contributed by atoms with E-state index in [0.717, 1.165) is 36.2 Å². The van der Waals surface area contributed by atoms with Crippen molar-refractivity contribution in [2.45, 2.75) is 46.2 Å². The molecule has 1 aromatic heterocycles. The van der Waals surface area contributed by atoms with E-state index in [1.807, 2.05) is 11.7 Å². The molecule has 1 unspecified atom stereocenters. The van der Waals surface area contributed by atoms with Crippen LogP contribution in [-0.4, -0.2) is 40.9 Å². The van der Waals surface area contributed by atoms with Gasteiger partial charge in [-0.1, -0.05) is 13.8 Å². The van der Waals surface area contributed by atoms with Gasteiger partial charge in [0.2, 0.25) is 0 Å². The van der Waals surface area contributed by atoms with Crippen molar-refractivity contribution in [1.82, 2.24) is 20.0 Å². The standard InChI is InChI=1S/C14H27BrN4/c1-6-11(3)18(4)9-8-16-10-13-14(15)12(7-2)17-19(13)5/h11,16H,6-10H2,1-5H3. The second-order valence-electron chi connectivity index (χ2n) is 5.10. The Hall–Kier alpha value is -0.390. The van der Waals surface area contributed by atoms with Gasteiger partial charge in [-0.15, -0.1) is 0 Å². The summed E-state index contributed by atoms with van der Waals surface area (Å²) >= 11 is 3.64. The van der Waals surface area contributed by atoms with E-state index in [1.54, 1.807) is 0 Å². The molecule has 1 N–H and O–H groups in total. The highest BCUT2D eigenvalue weighted by Crippen LogP contribution is 2.21. The monoisotopic (exact) mass is 330 g/mol. The van der Waals surface area contributed by atoms with Crippen LogP contribution in [-0.2, 0) is 20.0 Å². The lowest BCUT2D eigenvalue weighted by atomic mass is 10.2. The number of nitrogens with one attached hydrogen (secondary N) is 1. The Labute approximate surface area is 125 Å². The molecular weight excluding hydrogens is 304 g/mol. The van der Waals surface area contributed by atoms with Gasteiger partial charge in [0.05, 0.1) is 15.9 Å². The van der Waals surface area contributed by atoms with E-state index in [1.165, 1.54) is 12.1 Å². The third-order valence-corrected chi connectivity index (χ3v) is 4.70. The van der Waals surface area contributed by atoms with Gasteiger partial charge < -0.3 is 10.2 Å². The van der Waals surface area contributed by atoms with E-state index < -0.39 is 0 Å². The molecular formula is C14H27BrN4. The summed E-state index contributed by atoms with van der Waals surface area (Å²) in [5.74, 6) is 0. The number of rotatable bonds is 8. The molecule has 0 saturated carbocycles. The van der Waals surface area contributed by atoms with Crippen LogP contribution in [0.3, 0.4) is 0 Å². The molecule has 19 heavy (non-hydrogen) atoms. The molecule has 0 aliphatic heterocycles. The Bertz CT molecular complexity index is 389. The normalized spacial score (nSPS) is 13.2. The largest absolute Gasteiger partial charge is 0.310 e. The molecule has 0 fully saturated rings. The van der Waals surface area contributed by atoms with Gasteiger partial charge in [-0.2, -0.15) is 5.10 Å². The van der Waals surface area contributed by atoms with Crippen LogP contribution in [0.4, 0.5) is 0 Å². The average molecular weight is 331 g/mol. The average Bonchev–Trinajstić information content (AvgIpc) is 2.68. The molecule has 1 heterocycles. The molecule has 0 aliphatic rings. The van der Waals surface area contributed by atoms with Crippen LogP contribution in [0.5, 0.6) is 0 Å². The number of aryl methyl sites for hydroxylation is 2. The van der Waals surface area contributed by atoms with Crippen molar-refractivity contribution in [1.29, 1.82) is 0 Å². The molecule has 1 atom stereocenters. The molecule has 0 aromatic carbocycles. The Kier molecular flexibility index (Phi) is 7.04. The van der Waals surface area contributed by atoms with Crippen molar-refractivity contribution in [3.05, 3.63) is 15.9 Å². The fourth-order valence-electron chi connectivity index (χ4n) is 2.01. The van der Waals surface area contributed by atoms with E-state index in [2.05, 4.69) is 59.1 Å². The maximum Gasteiger partial charge on any atom is 0.0767 e. The van der Waals surface area contributed by atoms with Gasteiger partial charge >= 0.3 is 0 Å². The highest BCUT2D eigenvalue weighted by atomic mass is 79.9. The van der Waals surface area contributed by atoms with Crippen molar-refractivity contribution < 1.29 is 0 Å². The first kappa shape index (κ1) is 16.7. The van der Waals surface area contributed by atoms with Gasteiger partial charge in [0, 0.05) is 32.7 Å². The Morgan fingerprint density at radius 1 is 1.42 bits per heavy atom. The first-order chi connectivity index (χ1) is 9.01. The molecule has 0 spiro atoms. The van der Waals surface area contributed by atoms with Crippen molar-refractivity contribution in [3.63, 3.8) is 0 Å². The molecule has 0 radical (unpaired) electrons. The Morgan fingerprint density at radius 3 is 2.63 bits per heavy atom. The van der Waals surface area contributed by atoms with E-state index in [0.29, 0.717) is 6.04 Å². The SMILES string of the molecule is CCc1nn(C)c(CNCCN(C)C(C)CC)c1Br. The van der Waals surface area contributed by atoms with E-state index in [-0.39, 0.29) is 0 Å². The summed E-state index contributed by atoms with van der Waals surface area (Å²) in [6.07, 6.45) is 2.16. The van der Waals surface area contributed by atoms with Crippen LogP contribution in [0.1, 0.15) is 38.6 Å². The zero-order chi connectivity index (χ0) is 14.4. The molecule has 0 aliphatic carbocycles. The minimum atomic E-state index is 0.650. The number of halogens is 1. The van der Waals surface area contributed by atoms with Crippen LogP contribution < -0.4 is 5.32 Å². The van der Waals surface area contributed by atoms with Crippen LogP contribution in [0.15, 0.2) is 4.47 Å². The molecule has 5 heteroatoms. The van der Waals surface area contributed by atoms with Crippen LogP contribution in [0, 0.1) is 0 Å². The van der Waals surface area contributed by atoms with Crippen molar-refractivity contribution >= 4 is 15.9 Å². The zero-order valence-electron chi connectivity index (χ0n) is 12.8. The van der Waals surface area contributed by atoms with Crippen molar-refractivity contribution in [2.75, 3.05) is 20.1 Å². The molecule has 0 amide bonds. The lowest BCUT2D eigenvalue weighted by Gasteiger charge is -2.23. The predicted molar refractivity (Wildman–Crippen MR) is 84.4 cm³/mol. The first-order valence-electron chi connectivity index (χ1n) is 7.12. The lowest BCUT2D eigenvalue weighted by molar-refractivity contribution is 0.251. The molecule has 1 aromatic rings. The maximum absolute atomic E-state index is 4.50. The Balaban J connectivity index is 2.40. The molecule has 110 valence electrons. The van der Waals surface area contributed by atoms with Crippen molar-refractivity contribution in [3.8, 4) is 0 Å². The quantitative estimate of drug-likeness (QED) is 0.743. The van der Waals surface area contributed by atoms with Gasteiger partial charge in [-0.25, -0.2) is 0 Å². The Morgan fingerprint density at radius 2 is 2.11 bits per heavy atom. The fourth-order valence-corrected chi connectivity index (χ4v) is 2.76. The number of hydrogen-bond acceptors (Lipinski definition) is 3. The molecule has 1 rings (SSSR count). The smallest absolute Gasteiger partial charge is 0.0767 e. The van der Waals surface area contributed by atoms with E-state index in [4.69, 9.17) is 0 Å². The summed E-state index contributed by atoms with van der Waals surface area (Å²) in [6.45, 7) is 9.56. The number of nitrogens with zero attached hydrogens (tertiary/aromatic N) is 3. The summed E-state index contributed by atoms with van der Waals surface area (Å²) in [5.41, 5.74) is 2.36. The molecule has 0 bridgehead atoms. The first-order valence-corrected chi connectivity index (χ1v) is 7.91. The van der Waals surface area contributed by atoms with Gasteiger partial charge in [0.1, 0.15) is 0 Å². The van der Waals surface area contributed by atoms with Crippen LogP contribution in [0.2, 0.25) is 0 Å². The summed E-state index contributed by atoms with van der Waals surface area (Å²) < 4.78 is 3.12. The molecule has 4 nitrogen and oxygen atoms in total. The van der Waals surface area contributed by atoms with E-state index >= 15 is 0 Å². The number of likely N-dealkylation sites (N-methyl/N-ethyl adjacent to an activating group) is 1. The van der Waals surface area contributed by atoms with E-state index in [9.17, 15) is 0 Å². The number of aromatic nitrogens is 2. The van der Waals surface area contributed by atoms with Gasteiger partial charge in [0.25, 0.3) is 0 Å². The van der Waals surface area contributed by atoms with Crippen LogP contribution in [0.25, 0.3) is 0 Å². The third-order valence-electron chi connectivity index (χ3n) is 3.78. The topological polar surface area (TPSA) is 33.1 Å². The second kappa shape index (κ2) is 8.02. The predicted octanol–water partition coefficient (Wildman–Crippen LogP) is 2.56. The fraction of sp³-hybridized carbons (Fsp3) is 0.786. The maximum atomic E-state index is 4.50. The summed E-state index contributed by atoms with van der Waals surface area (Å²) in [7, 11) is 4.19. The van der Waals surface area contributed by atoms with Crippen molar-refractivity contribution in [2.24, 2.45) is 7.05 Å². The highest BCUT2D eigenvalue weighted by Gasteiger charge is 2.12. The number of hydrogen-bond donors (Lipinski definition) is 1. The van der Waals surface area contributed by atoms with Gasteiger partial charge in [-0.3, -0.25) is 4.68 Å². The summed E-state index contributed by atoms with van der Waals surface area (Å²) in [6, 6.07) is 0.650. The second-order valence-corrected chi connectivity index (χ2v) is 5.89. The lowest BCUT2D eigenvalue weighted by Crippen LogP contribution is -2.35. The van der Waals surface area contributed by atoms with Gasteiger partial charge in [-0.05, 0) is 42.7 Å².